The van der Waals surface area contributed by atoms with E-state index < -0.39 is 15.5 Å². The maximum Gasteiger partial charge on any atom is 0.231 e. The van der Waals surface area contributed by atoms with Crippen LogP contribution in [0.3, 0.4) is 0 Å². The van der Waals surface area contributed by atoms with E-state index in [2.05, 4.69) is 17.1 Å². The molecular formula is C26H26FN3O2S. The molecule has 1 aliphatic heterocycles. The van der Waals surface area contributed by atoms with Crippen molar-refractivity contribution < 1.29 is 13.4 Å². The zero-order chi connectivity index (χ0) is 23.3. The number of hydrogen-bond donors (Lipinski definition) is 1. The first-order valence-corrected chi connectivity index (χ1v) is 13.0. The fourth-order valence-corrected chi connectivity index (χ4v) is 6.03. The number of nitrogens with zero attached hydrogens (tertiary/aromatic N) is 2. The van der Waals surface area contributed by atoms with Crippen LogP contribution in [0.1, 0.15) is 30.5 Å². The number of pyridine rings is 1. The number of hydrogen-bond acceptors (Lipinski definition) is 4. The van der Waals surface area contributed by atoms with Gasteiger partial charge in [-0.15, -0.1) is 0 Å². The molecule has 5 rings (SSSR count). The number of benzene rings is 2. The Hall–Kier alpha value is -3.06. The summed E-state index contributed by atoms with van der Waals surface area (Å²) in [6.07, 6.45) is 3.62. The topological polar surface area (TPSA) is 74.1 Å². The van der Waals surface area contributed by atoms with Crippen molar-refractivity contribution in [2.75, 3.05) is 10.7 Å². The molecular weight excluding hydrogens is 437 g/mol. The van der Waals surface area contributed by atoms with Gasteiger partial charge in [0.1, 0.15) is 5.82 Å². The summed E-state index contributed by atoms with van der Waals surface area (Å²) in [5.74, 6) is -0.787. The Bertz CT molecular complexity index is 1360. The van der Waals surface area contributed by atoms with Gasteiger partial charge in [0.25, 0.3) is 0 Å². The molecule has 0 spiro atoms. The molecule has 3 aromatic rings. The van der Waals surface area contributed by atoms with Crippen molar-refractivity contribution in [3.8, 4) is 11.3 Å². The summed E-state index contributed by atoms with van der Waals surface area (Å²) in [4.78, 5) is 19.7. The monoisotopic (exact) mass is 463 g/mol. The summed E-state index contributed by atoms with van der Waals surface area (Å²) in [6.45, 7) is 3.57. The summed E-state index contributed by atoms with van der Waals surface area (Å²) in [6, 6.07) is 14.8. The molecule has 7 heteroatoms. The first kappa shape index (κ1) is 21.8. The van der Waals surface area contributed by atoms with Crippen LogP contribution in [-0.4, -0.2) is 26.9 Å². The van der Waals surface area contributed by atoms with E-state index in [0.29, 0.717) is 24.9 Å². The Morgan fingerprint density at radius 3 is 2.64 bits per heavy atom. The maximum absolute atomic E-state index is 14.6. The van der Waals surface area contributed by atoms with Crippen LogP contribution in [0.5, 0.6) is 0 Å². The van der Waals surface area contributed by atoms with Crippen molar-refractivity contribution >= 4 is 21.3 Å². The number of rotatable bonds is 4. The number of carbonyl (C=O) groups is 1. The minimum absolute atomic E-state index is 0.00220. The van der Waals surface area contributed by atoms with Crippen molar-refractivity contribution in [3.05, 3.63) is 77.2 Å². The van der Waals surface area contributed by atoms with Crippen molar-refractivity contribution in [3.63, 3.8) is 0 Å². The van der Waals surface area contributed by atoms with E-state index in [1.807, 2.05) is 31.2 Å². The van der Waals surface area contributed by atoms with Crippen molar-refractivity contribution in [1.29, 1.82) is 4.78 Å². The van der Waals surface area contributed by atoms with E-state index in [9.17, 15) is 13.4 Å². The highest BCUT2D eigenvalue weighted by Crippen LogP contribution is 2.39. The minimum atomic E-state index is -3.23. The van der Waals surface area contributed by atoms with Crippen LogP contribution in [-0.2, 0) is 33.8 Å². The van der Waals surface area contributed by atoms with Gasteiger partial charge < -0.3 is 4.90 Å². The molecule has 2 heterocycles. The lowest BCUT2D eigenvalue weighted by Gasteiger charge is -2.26. The number of halogens is 1. The zero-order valence-electron chi connectivity index (χ0n) is 18.7. The van der Waals surface area contributed by atoms with Crippen LogP contribution in [0.4, 0.5) is 10.1 Å². The average molecular weight is 464 g/mol. The third-order valence-electron chi connectivity index (χ3n) is 6.80. The summed E-state index contributed by atoms with van der Waals surface area (Å²) in [5, 5.41) is 0. The number of nitrogens with one attached hydrogen (secondary N) is 1. The lowest BCUT2D eigenvalue weighted by atomic mass is 10.0. The van der Waals surface area contributed by atoms with Gasteiger partial charge in [0.2, 0.25) is 5.91 Å². The van der Waals surface area contributed by atoms with Crippen molar-refractivity contribution in [1.82, 2.24) is 4.98 Å². The van der Waals surface area contributed by atoms with E-state index >= 15 is 0 Å². The number of carbonyl (C=O) groups excluding carboxylic acids is 1. The van der Waals surface area contributed by atoms with E-state index in [1.165, 1.54) is 17.7 Å². The lowest BCUT2D eigenvalue weighted by Crippen LogP contribution is -2.40. The predicted molar refractivity (Wildman–Crippen MR) is 127 cm³/mol. The van der Waals surface area contributed by atoms with Gasteiger partial charge in [-0.25, -0.2) is 13.4 Å². The third-order valence-corrected chi connectivity index (χ3v) is 8.63. The van der Waals surface area contributed by atoms with Crippen molar-refractivity contribution in [2.45, 2.75) is 44.0 Å². The molecule has 0 saturated carbocycles. The van der Waals surface area contributed by atoms with Crippen LogP contribution >= 0.6 is 0 Å². The van der Waals surface area contributed by atoms with Gasteiger partial charge in [-0.2, -0.15) is 0 Å². The van der Waals surface area contributed by atoms with Crippen LogP contribution in [0, 0.1) is 16.5 Å². The number of amides is 1. The Kier molecular flexibility index (Phi) is 5.32. The Labute approximate surface area is 193 Å². The fourth-order valence-electron chi connectivity index (χ4n) is 5.05. The molecule has 170 valence electrons. The molecule has 33 heavy (non-hydrogen) atoms. The molecule has 2 aromatic carbocycles. The van der Waals surface area contributed by atoms with Crippen LogP contribution in [0.2, 0.25) is 0 Å². The molecule has 1 N–H and O–H groups in total. The smallest absolute Gasteiger partial charge is 0.231 e. The Morgan fingerprint density at radius 1 is 1.12 bits per heavy atom. The van der Waals surface area contributed by atoms with Gasteiger partial charge in [0.15, 0.2) is 0 Å². The van der Waals surface area contributed by atoms with Gasteiger partial charge in [-0.3, -0.25) is 9.78 Å². The van der Waals surface area contributed by atoms with Gasteiger partial charge in [-0.05, 0) is 73.2 Å². The molecule has 3 atom stereocenters. The molecule has 0 radical (unpaired) electrons. The molecule has 1 aliphatic carbocycles. The van der Waals surface area contributed by atoms with Gasteiger partial charge in [-0.1, -0.05) is 25.1 Å². The highest BCUT2D eigenvalue weighted by molar-refractivity contribution is 7.92. The number of anilines is 1. The van der Waals surface area contributed by atoms with Gasteiger partial charge >= 0.3 is 0 Å². The standard InChI is InChI=1S/C26H26FN3O2S/c1-3-33(28,32)25-15-24-20(14-22(25)27)10-16(2)30(24)26(31)21-11-17-7-8-18(12-19(17)13-21)23-6-4-5-9-29-23/h4-9,12,14-16,21,28H,3,10-11,13H2,1-2H3/t16-,21-,33-/m1/s1. The van der Waals surface area contributed by atoms with E-state index in [1.54, 1.807) is 18.0 Å². The van der Waals surface area contributed by atoms with Crippen molar-refractivity contribution in [2.24, 2.45) is 5.92 Å². The molecule has 1 amide bonds. The average Bonchev–Trinajstić information content (AvgIpc) is 3.38. The summed E-state index contributed by atoms with van der Waals surface area (Å²) >= 11 is 0. The number of fused-ring (bicyclic) bond motifs is 2. The summed E-state index contributed by atoms with van der Waals surface area (Å²) in [5.41, 5.74) is 5.59. The second-order valence-corrected chi connectivity index (χ2v) is 11.3. The van der Waals surface area contributed by atoms with Gasteiger partial charge in [0, 0.05) is 35.2 Å². The van der Waals surface area contributed by atoms with Gasteiger partial charge in [0.05, 0.1) is 20.3 Å². The van der Waals surface area contributed by atoms with E-state index in [0.717, 1.165) is 22.4 Å². The molecule has 0 bridgehead atoms. The Balaban J connectivity index is 1.44. The second kappa shape index (κ2) is 8.06. The first-order chi connectivity index (χ1) is 15.8. The van der Waals surface area contributed by atoms with E-state index in [-0.39, 0.29) is 28.5 Å². The largest absolute Gasteiger partial charge is 0.309 e. The molecule has 0 saturated heterocycles. The third kappa shape index (κ3) is 3.74. The maximum atomic E-state index is 14.6. The molecule has 1 aromatic heterocycles. The second-order valence-electron chi connectivity index (χ2n) is 8.94. The van der Waals surface area contributed by atoms with Crippen LogP contribution < -0.4 is 4.90 Å². The Morgan fingerprint density at radius 2 is 1.91 bits per heavy atom. The number of aromatic nitrogens is 1. The van der Waals surface area contributed by atoms with Crippen LogP contribution in [0.15, 0.2) is 59.6 Å². The quantitative estimate of drug-likeness (QED) is 0.591. The summed E-state index contributed by atoms with van der Waals surface area (Å²) in [7, 11) is -3.23. The SMILES string of the molecule is CC[S@@](=N)(=O)c1cc2c(cc1F)C[C@@H](C)N2C(=O)[C@@H]1Cc2ccc(-c3ccccn3)cc2C1. The lowest BCUT2D eigenvalue weighted by molar-refractivity contribution is -0.122. The fraction of sp³-hybridized carbons (Fsp3) is 0.308. The molecule has 5 nitrogen and oxygen atoms in total. The molecule has 0 unspecified atom stereocenters. The first-order valence-electron chi connectivity index (χ1n) is 11.2. The normalized spacial score (nSPS) is 20.9. The van der Waals surface area contributed by atoms with Crippen LogP contribution in [0.25, 0.3) is 11.3 Å². The predicted octanol–water partition coefficient (Wildman–Crippen LogP) is 5.01. The highest BCUT2D eigenvalue weighted by atomic mass is 32.2. The van der Waals surface area contributed by atoms with E-state index in [4.69, 9.17) is 4.78 Å². The summed E-state index contributed by atoms with van der Waals surface area (Å²) < 4.78 is 35.3. The zero-order valence-corrected chi connectivity index (χ0v) is 19.5. The molecule has 0 fully saturated rings. The highest BCUT2D eigenvalue weighted by Gasteiger charge is 2.38. The minimum Gasteiger partial charge on any atom is -0.309 e. The molecule has 2 aliphatic rings.